The number of carbonyl (C=O) groups excluding carboxylic acids is 2. The smallest absolute Gasteiger partial charge is 0.475 e. The number of nitrogens with one attached hydrogen (secondary N) is 3. The van der Waals surface area contributed by atoms with E-state index in [9.17, 15) is 44.3 Å². The molecule has 19 heteroatoms. The molecule has 6 N–H and O–H groups in total. The van der Waals surface area contributed by atoms with Crippen LogP contribution in [0.3, 0.4) is 0 Å². The van der Waals surface area contributed by atoms with Gasteiger partial charge in [-0.2, -0.15) is 26.3 Å². The van der Waals surface area contributed by atoms with Gasteiger partial charge < -0.3 is 21.5 Å². The number of rotatable bonds is 8. The molecular weight excluding hydrogens is 626 g/mol. The Kier molecular flexibility index (Phi) is 11.1. The average Bonchev–Trinajstić information content (AvgIpc) is 2.92. The van der Waals surface area contributed by atoms with Gasteiger partial charge in [-0.15, -0.1) is 0 Å². The topological polar surface area (TPSA) is 205 Å². The van der Waals surface area contributed by atoms with E-state index in [4.69, 9.17) is 21.0 Å². The quantitative estimate of drug-likeness (QED) is 0.105. The summed E-state index contributed by atoms with van der Waals surface area (Å²) in [5, 5.41) is 18.7. The van der Waals surface area contributed by atoms with E-state index in [0.29, 0.717) is 17.3 Å². The van der Waals surface area contributed by atoms with Crippen molar-refractivity contribution in [3.8, 4) is 0 Å². The highest BCUT2D eigenvalue weighted by molar-refractivity contribution is 7.91. The van der Waals surface area contributed by atoms with Crippen LogP contribution in [0.15, 0.2) is 71.0 Å². The number of sulfone groups is 1. The first-order valence-corrected chi connectivity index (χ1v) is 13.3. The molecule has 0 aliphatic carbocycles. The number of nitrogens with zero attached hydrogens (tertiary/aromatic N) is 2. The Morgan fingerprint density at radius 2 is 1.59 bits per heavy atom. The number of halogens is 6. The van der Waals surface area contributed by atoms with Crippen molar-refractivity contribution in [1.82, 2.24) is 15.3 Å². The minimum atomic E-state index is -5.08. The van der Waals surface area contributed by atoms with E-state index in [1.165, 1.54) is 37.4 Å². The molecule has 0 aliphatic heterocycles. The maximum atomic E-state index is 13.8. The zero-order valence-corrected chi connectivity index (χ0v) is 23.0. The van der Waals surface area contributed by atoms with Crippen molar-refractivity contribution in [3.05, 3.63) is 77.7 Å². The normalized spacial score (nSPS) is 12.2. The number of amides is 2. The molecule has 1 atom stereocenters. The van der Waals surface area contributed by atoms with E-state index in [0.717, 1.165) is 24.5 Å². The number of carboxylic acids is 1. The standard InChI is InChI=1S/C23H21F3N6O4S.C2HF3O2/c1-13(31-19(33)11-20(34)32-16-5-2-14(3-6-16)22(27)28)15-4-7-18(17(10-15)23(24,25)26)37(35,36)21-12-29-8-9-30-21;3-2(4,5)1(6)7/h2-10,12-13H,11H2,1H3,(H3,27,28)(H,31,33)(H,32,34);(H,6,7). The van der Waals surface area contributed by atoms with Crippen LogP contribution in [0.1, 0.15) is 36.1 Å². The lowest BCUT2D eigenvalue weighted by Gasteiger charge is -2.18. The predicted octanol–water partition coefficient (Wildman–Crippen LogP) is 3.45. The van der Waals surface area contributed by atoms with E-state index < -0.39 is 67.9 Å². The first-order valence-electron chi connectivity index (χ1n) is 11.8. The first kappa shape index (κ1) is 35.1. The number of carboxylic acid groups (broad SMARTS) is 1. The Labute approximate surface area is 244 Å². The monoisotopic (exact) mass is 648 g/mol. The van der Waals surface area contributed by atoms with E-state index >= 15 is 0 Å². The SMILES string of the molecule is CC(NC(=O)CC(=O)Nc1ccc(C(=N)N)cc1)c1ccc(S(=O)(=O)c2cnccn2)c(C(F)(F)F)c1.O=C(O)C(F)(F)F. The molecule has 0 saturated heterocycles. The highest BCUT2D eigenvalue weighted by Gasteiger charge is 2.39. The van der Waals surface area contributed by atoms with Gasteiger partial charge in [0.1, 0.15) is 12.3 Å². The number of nitrogen functional groups attached to an aromatic ring is 1. The van der Waals surface area contributed by atoms with Crippen LogP contribution >= 0.6 is 0 Å². The largest absolute Gasteiger partial charge is 0.490 e. The van der Waals surface area contributed by atoms with Gasteiger partial charge in [0.25, 0.3) is 0 Å². The number of benzene rings is 2. The summed E-state index contributed by atoms with van der Waals surface area (Å²) in [6, 6.07) is 7.57. The third-order valence-electron chi connectivity index (χ3n) is 5.33. The molecule has 0 fully saturated rings. The highest BCUT2D eigenvalue weighted by atomic mass is 32.2. The molecule has 44 heavy (non-hydrogen) atoms. The molecule has 0 aliphatic rings. The summed E-state index contributed by atoms with van der Waals surface area (Å²) in [4.78, 5) is 39.6. The van der Waals surface area contributed by atoms with Gasteiger partial charge in [-0.1, -0.05) is 6.07 Å². The number of nitrogens with two attached hydrogens (primary N) is 1. The van der Waals surface area contributed by atoms with Crippen molar-refractivity contribution in [3.63, 3.8) is 0 Å². The van der Waals surface area contributed by atoms with Gasteiger partial charge in [0.2, 0.25) is 21.7 Å². The maximum Gasteiger partial charge on any atom is 0.490 e. The van der Waals surface area contributed by atoms with Gasteiger partial charge in [0.15, 0.2) is 5.03 Å². The third-order valence-corrected chi connectivity index (χ3v) is 7.03. The summed E-state index contributed by atoms with van der Waals surface area (Å²) in [6.07, 6.45) is -7.66. The second kappa shape index (κ2) is 13.9. The number of hydrogen-bond donors (Lipinski definition) is 5. The number of aromatic nitrogens is 2. The van der Waals surface area contributed by atoms with Crippen molar-refractivity contribution >= 4 is 39.1 Å². The Hall–Kier alpha value is -5.07. The number of amidine groups is 1. The molecule has 12 nitrogen and oxygen atoms in total. The van der Waals surface area contributed by atoms with E-state index in [1.807, 2.05) is 0 Å². The molecule has 0 spiro atoms. The van der Waals surface area contributed by atoms with Gasteiger partial charge in [0, 0.05) is 23.6 Å². The van der Waals surface area contributed by atoms with Crippen LogP contribution in [0.5, 0.6) is 0 Å². The Morgan fingerprint density at radius 1 is 1.00 bits per heavy atom. The first-order chi connectivity index (χ1) is 20.2. The van der Waals surface area contributed by atoms with Gasteiger partial charge in [-0.05, 0) is 48.9 Å². The zero-order valence-electron chi connectivity index (χ0n) is 22.2. The lowest BCUT2D eigenvalue weighted by molar-refractivity contribution is -0.192. The molecule has 236 valence electrons. The predicted molar refractivity (Wildman–Crippen MR) is 140 cm³/mol. The third kappa shape index (κ3) is 9.75. The van der Waals surface area contributed by atoms with E-state index in [1.54, 1.807) is 0 Å². The minimum absolute atomic E-state index is 0.0287. The molecular formula is C25H22F6N6O6S. The number of hydrogen-bond acceptors (Lipinski definition) is 8. The summed E-state index contributed by atoms with van der Waals surface area (Å²) >= 11 is 0. The highest BCUT2D eigenvalue weighted by Crippen LogP contribution is 2.37. The van der Waals surface area contributed by atoms with Gasteiger partial charge in [-0.25, -0.2) is 18.2 Å². The molecule has 1 aromatic heterocycles. The summed E-state index contributed by atoms with van der Waals surface area (Å²) in [6.45, 7) is 1.39. The number of alkyl halides is 6. The van der Waals surface area contributed by atoms with Crippen molar-refractivity contribution in [2.24, 2.45) is 5.73 Å². The maximum absolute atomic E-state index is 13.8. The van der Waals surface area contributed by atoms with Crippen LogP contribution < -0.4 is 16.4 Å². The fraction of sp³-hybridized carbons (Fsp3) is 0.200. The van der Waals surface area contributed by atoms with Crippen LogP contribution in [0.2, 0.25) is 0 Å². The van der Waals surface area contributed by atoms with Crippen LogP contribution in [-0.4, -0.2) is 53.3 Å². The molecule has 0 saturated carbocycles. The van der Waals surface area contributed by atoms with E-state index in [-0.39, 0.29) is 11.4 Å². The molecule has 3 rings (SSSR count). The molecule has 1 heterocycles. The Bertz CT molecular complexity index is 1630. The lowest BCUT2D eigenvalue weighted by atomic mass is 10.0. The van der Waals surface area contributed by atoms with E-state index in [2.05, 4.69) is 20.6 Å². The second-order valence-corrected chi connectivity index (χ2v) is 10.5. The summed E-state index contributed by atoms with van der Waals surface area (Å²) in [5.41, 5.74) is 4.70. The molecule has 1 unspecified atom stereocenters. The molecule has 3 aromatic rings. The molecule has 0 bridgehead atoms. The Morgan fingerprint density at radius 3 is 2.07 bits per heavy atom. The van der Waals surface area contributed by atoms with Crippen molar-refractivity contribution < 1.29 is 54.3 Å². The van der Waals surface area contributed by atoms with Gasteiger partial charge >= 0.3 is 18.3 Å². The molecule has 2 aromatic carbocycles. The average molecular weight is 649 g/mol. The van der Waals surface area contributed by atoms with Crippen LogP contribution in [-0.2, 0) is 30.4 Å². The van der Waals surface area contributed by atoms with Gasteiger partial charge in [0.05, 0.1) is 22.7 Å². The summed E-state index contributed by atoms with van der Waals surface area (Å²) < 4.78 is 98.6. The van der Waals surface area contributed by atoms with Crippen LogP contribution in [0, 0.1) is 5.41 Å². The van der Waals surface area contributed by atoms with Crippen LogP contribution in [0.4, 0.5) is 32.0 Å². The summed E-state index contributed by atoms with van der Waals surface area (Å²) in [5.74, 6) is -4.36. The zero-order chi connectivity index (χ0) is 33.5. The fourth-order valence-electron chi connectivity index (χ4n) is 3.27. The molecule has 0 radical (unpaired) electrons. The second-order valence-electron chi connectivity index (χ2n) is 8.61. The van der Waals surface area contributed by atoms with Crippen molar-refractivity contribution in [2.45, 2.75) is 41.7 Å². The fourth-order valence-corrected chi connectivity index (χ4v) is 4.61. The molecule has 2 amide bonds. The summed E-state index contributed by atoms with van der Waals surface area (Å²) in [7, 11) is -4.62. The van der Waals surface area contributed by atoms with Gasteiger partial charge in [-0.3, -0.25) is 20.0 Å². The minimum Gasteiger partial charge on any atom is -0.475 e. The Balaban J connectivity index is 0.000000860. The number of aliphatic carboxylic acids is 1. The number of carbonyl (C=O) groups is 3. The lowest BCUT2D eigenvalue weighted by Crippen LogP contribution is -2.30. The van der Waals surface area contributed by atoms with Crippen molar-refractivity contribution in [2.75, 3.05) is 5.32 Å². The number of anilines is 1. The van der Waals surface area contributed by atoms with Crippen molar-refractivity contribution in [1.29, 1.82) is 5.41 Å². The van der Waals surface area contributed by atoms with Crippen LogP contribution in [0.25, 0.3) is 0 Å².